The Morgan fingerprint density at radius 1 is 1.17 bits per heavy atom. The Morgan fingerprint density at radius 3 is 2.66 bits per heavy atom. The highest BCUT2D eigenvalue weighted by Gasteiger charge is 2.44. The smallest absolute Gasteiger partial charge is 0.297 e. The third-order valence-corrected chi connectivity index (χ3v) is 5.91. The highest BCUT2D eigenvalue weighted by atomic mass is 35.5. The molecule has 3 heterocycles. The lowest BCUT2D eigenvalue weighted by Crippen LogP contribution is -2.29. The maximum atomic E-state index is 13.4. The van der Waals surface area contributed by atoms with Gasteiger partial charge in [-0.2, -0.15) is 0 Å². The number of amides is 1. The minimum Gasteiger partial charge on any atom is -0.497 e. The number of hydrogen-bond donors (Lipinski definition) is 0. The zero-order valence-electron chi connectivity index (χ0n) is 15.1. The third kappa shape index (κ3) is 2.73. The molecule has 2 aromatic heterocycles. The Balaban J connectivity index is 1.81. The number of nitrogens with zero attached hydrogens (tertiary/aromatic N) is 2. The van der Waals surface area contributed by atoms with E-state index in [1.165, 1.54) is 23.3 Å². The maximum Gasteiger partial charge on any atom is 0.297 e. The molecule has 0 bridgehead atoms. The van der Waals surface area contributed by atoms with Gasteiger partial charge in [0.05, 0.1) is 24.1 Å². The van der Waals surface area contributed by atoms with Crippen LogP contribution in [0.2, 0.25) is 5.02 Å². The molecule has 0 aliphatic carbocycles. The molecule has 4 aromatic rings. The van der Waals surface area contributed by atoms with Crippen molar-refractivity contribution in [2.75, 3.05) is 12.0 Å². The molecule has 0 N–H and O–H groups in total. The fourth-order valence-electron chi connectivity index (χ4n) is 3.57. The van der Waals surface area contributed by atoms with Gasteiger partial charge >= 0.3 is 0 Å². The van der Waals surface area contributed by atoms with Gasteiger partial charge in [-0.15, -0.1) is 11.3 Å². The van der Waals surface area contributed by atoms with Gasteiger partial charge in [-0.25, -0.2) is 4.98 Å². The quantitative estimate of drug-likeness (QED) is 0.478. The van der Waals surface area contributed by atoms with Crippen molar-refractivity contribution in [2.45, 2.75) is 6.04 Å². The molecule has 1 aliphatic rings. The van der Waals surface area contributed by atoms with E-state index in [0.717, 1.165) is 5.56 Å². The van der Waals surface area contributed by atoms with Gasteiger partial charge in [0, 0.05) is 22.7 Å². The van der Waals surface area contributed by atoms with E-state index in [1.807, 2.05) is 0 Å². The molecule has 29 heavy (non-hydrogen) atoms. The lowest BCUT2D eigenvalue weighted by Gasteiger charge is -2.22. The van der Waals surface area contributed by atoms with Crippen molar-refractivity contribution < 1.29 is 13.9 Å². The lowest BCUT2D eigenvalue weighted by molar-refractivity contribution is 0.0971. The third-order valence-electron chi connectivity index (χ3n) is 4.89. The summed E-state index contributed by atoms with van der Waals surface area (Å²) in [4.78, 5) is 32.5. The number of halogens is 1. The second-order valence-corrected chi connectivity index (χ2v) is 7.79. The molecule has 1 aliphatic heterocycles. The fourth-order valence-corrected chi connectivity index (χ4v) is 4.36. The van der Waals surface area contributed by atoms with Crippen LogP contribution in [0.25, 0.3) is 11.0 Å². The molecular weight excluding hydrogens is 412 g/mol. The number of fused-ring (bicyclic) bond motifs is 2. The monoisotopic (exact) mass is 424 g/mol. The zero-order valence-corrected chi connectivity index (χ0v) is 16.7. The lowest BCUT2D eigenvalue weighted by atomic mass is 9.99. The Hall–Kier alpha value is -3.16. The number of hydrogen-bond acceptors (Lipinski definition) is 6. The topological polar surface area (TPSA) is 72.6 Å². The minimum atomic E-state index is -0.649. The summed E-state index contributed by atoms with van der Waals surface area (Å²) >= 11 is 7.35. The van der Waals surface area contributed by atoms with Gasteiger partial charge in [-0.3, -0.25) is 14.5 Å². The van der Waals surface area contributed by atoms with E-state index in [9.17, 15) is 9.59 Å². The Bertz CT molecular complexity index is 1300. The predicted octanol–water partition coefficient (Wildman–Crippen LogP) is 4.66. The van der Waals surface area contributed by atoms with Crippen LogP contribution in [0.1, 0.15) is 27.7 Å². The number of rotatable bonds is 3. The van der Waals surface area contributed by atoms with Crippen LogP contribution in [0.5, 0.6) is 5.75 Å². The molecule has 0 spiro atoms. The van der Waals surface area contributed by atoms with Crippen LogP contribution in [0.3, 0.4) is 0 Å². The number of anilines is 1. The zero-order chi connectivity index (χ0) is 20.1. The van der Waals surface area contributed by atoms with Crippen LogP contribution in [0.15, 0.2) is 63.3 Å². The standard InChI is InChI=1S/C21H13ClN2O4S/c1-27-13-6-7-14-15(10-13)28-19-16(18(14)25)17(11-2-4-12(22)5-3-11)24(20(19)26)21-23-8-9-29-21/h2-10,17H,1H3/t17-/m0/s1. The molecular formula is C21H13ClN2O4S. The number of ether oxygens (including phenoxy) is 1. The molecule has 1 amide bonds. The fraction of sp³-hybridized carbons (Fsp3) is 0.0952. The van der Waals surface area contributed by atoms with E-state index in [1.54, 1.807) is 54.0 Å². The molecule has 2 aromatic carbocycles. The normalized spacial score (nSPS) is 15.7. The molecule has 0 unspecified atom stereocenters. The summed E-state index contributed by atoms with van der Waals surface area (Å²) in [5.41, 5.74) is 1.09. The number of benzene rings is 2. The second kappa shape index (κ2) is 6.72. The van der Waals surface area contributed by atoms with E-state index in [0.29, 0.717) is 32.4 Å². The van der Waals surface area contributed by atoms with E-state index in [2.05, 4.69) is 4.98 Å². The highest BCUT2D eigenvalue weighted by molar-refractivity contribution is 7.13. The van der Waals surface area contributed by atoms with Crippen molar-refractivity contribution in [2.24, 2.45) is 0 Å². The van der Waals surface area contributed by atoms with Crippen LogP contribution < -0.4 is 15.1 Å². The first-order valence-corrected chi connectivity index (χ1v) is 9.97. The Labute approximate surface area is 173 Å². The number of aromatic nitrogens is 1. The molecule has 0 radical (unpaired) electrons. The molecule has 5 rings (SSSR count). The van der Waals surface area contributed by atoms with Crippen LogP contribution in [0, 0.1) is 0 Å². The molecule has 0 saturated carbocycles. The van der Waals surface area contributed by atoms with E-state index in [-0.39, 0.29) is 11.2 Å². The second-order valence-electron chi connectivity index (χ2n) is 6.48. The van der Waals surface area contributed by atoms with Gasteiger partial charge < -0.3 is 9.15 Å². The maximum absolute atomic E-state index is 13.4. The van der Waals surface area contributed by atoms with Gasteiger partial charge in [0.1, 0.15) is 11.3 Å². The summed E-state index contributed by atoms with van der Waals surface area (Å²) in [6, 6.07) is 11.4. The van der Waals surface area contributed by atoms with E-state index < -0.39 is 11.9 Å². The van der Waals surface area contributed by atoms with E-state index >= 15 is 0 Å². The van der Waals surface area contributed by atoms with Gasteiger partial charge in [0.2, 0.25) is 5.76 Å². The molecule has 8 heteroatoms. The van der Waals surface area contributed by atoms with Crippen molar-refractivity contribution in [3.8, 4) is 5.75 Å². The van der Waals surface area contributed by atoms with Crippen molar-refractivity contribution in [1.29, 1.82) is 0 Å². The van der Waals surface area contributed by atoms with E-state index in [4.69, 9.17) is 20.8 Å². The first kappa shape index (κ1) is 17.9. The van der Waals surface area contributed by atoms with Crippen molar-refractivity contribution in [3.05, 3.63) is 86.2 Å². The Morgan fingerprint density at radius 2 is 1.97 bits per heavy atom. The number of methoxy groups -OCH3 is 1. The number of carbonyl (C=O) groups excluding carboxylic acids is 1. The SMILES string of the molecule is COc1ccc2c(=O)c3c(oc2c1)C(=O)N(c1nccs1)[C@H]3c1ccc(Cl)cc1. The first-order valence-electron chi connectivity index (χ1n) is 8.71. The molecule has 0 saturated heterocycles. The molecule has 6 nitrogen and oxygen atoms in total. The molecule has 0 fully saturated rings. The summed E-state index contributed by atoms with van der Waals surface area (Å²) < 4.78 is 11.1. The van der Waals surface area contributed by atoms with Gasteiger partial charge in [-0.05, 0) is 29.8 Å². The van der Waals surface area contributed by atoms with Crippen LogP contribution in [0.4, 0.5) is 5.13 Å². The Kier molecular flexibility index (Phi) is 4.15. The minimum absolute atomic E-state index is 0.0194. The average molecular weight is 425 g/mol. The molecule has 144 valence electrons. The summed E-state index contributed by atoms with van der Waals surface area (Å²) in [7, 11) is 1.53. The summed E-state index contributed by atoms with van der Waals surface area (Å²) in [5, 5.41) is 3.22. The van der Waals surface area contributed by atoms with Gasteiger partial charge in [-0.1, -0.05) is 23.7 Å². The largest absolute Gasteiger partial charge is 0.497 e. The van der Waals surface area contributed by atoms with Crippen molar-refractivity contribution in [1.82, 2.24) is 4.98 Å². The van der Waals surface area contributed by atoms with Crippen LogP contribution in [-0.4, -0.2) is 18.0 Å². The van der Waals surface area contributed by atoms with Crippen molar-refractivity contribution >= 4 is 44.9 Å². The number of thiazole rings is 1. The first-order chi connectivity index (χ1) is 14.1. The van der Waals surface area contributed by atoms with Crippen LogP contribution >= 0.6 is 22.9 Å². The summed E-state index contributed by atoms with van der Waals surface area (Å²) in [5.74, 6) is 0.152. The molecule has 1 atom stereocenters. The van der Waals surface area contributed by atoms with Crippen molar-refractivity contribution in [3.63, 3.8) is 0 Å². The summed E-state index contributed by atoms with van der Waals surface area (Å²) in [6.07, 6.45) is 1.62. The highest BCUT2D eigenvalue weighted by Crippen LogP contribution is 2.42. The van der Waals surface area contributed by atoms with Crippen LogP contribution in [-0.2, 0) is 0 Å². The average Bonchev–Trinajstić information content (AvgIpc) is 3.35. The number of carbonyl (C=O) groups is 1. The van der Waals surface area contributed by atoms with Gasteiger partial charge in [0.25, 0.3) is 5.91 Å². The predicted molar refractivity (Wildman–Crippen MR) is 111 cm³/mol. The van der Waals surface area contributed by atoms with Gasteiger partial charge in [0.15, 0.2) is 10.6 Å². The summed E-state index contributed by atoms with van der Waals surface area (Å²) in [6.45, 7) is 0.